The Hall–Kier alpha value is -0.0400. The molecule has 2 fully saturated rings. The fraction of sp³-hybridized carbons (Fsp3) is 1.00. The van der Waals surface area contributed by atoms with Crippen LogP contribution in [0.4, 0.5) is 0 Å². The third-order valence-corrected chi connectivity index (χ3v) is 3.12. The molecule has 0 aromatic heterocycles. The van der Waals surface area contributed by atoms with Gasteiger partial charge in [-0.05, 0) is 31.1 Å². The summed E-state index contributed by atoms with van der Waals surface area (Å²) in [4.78, 5) is 2.71. The number of fused-ring (bicyclic) bond motifs is 2. The van der Waals surface area contributed by atoms with Crippen LogP contribution in [0.25, 0.3) is 0 Å². The van der Waals surface area contributed by atoms with Crippen LogP contribution in [0, 0.1) is 11.8 Å². The van der Waals surface area contributed by atoms with E-state index in [9.17, 15) is 0 Å². The van der Waals surface area contributed by atoms with E-state index in [0.717, 1.165) is 17.9 Å². The summed E-state index contributed by atoms with van der Waals surface area (Å²) in [5.74, 6) is 1.92. The Morgan fingerprint density at radius 2 is 2.18 bits per heavy atom. The van der Waals surface area contributed by atoms with Gasteiger partial charge >= 0.3 is 0 Å². The molecule has 0 N–H and O–H groups in total. The molecule has 0 aromatic rings. The maximum absolute atomic E-state index is 2.71. The van der Waals surface area contributed by atoms with Gasteiger partial charge in [-0.1, -0.05) is 13.8 Å². The molecule has 0 radical (unpaired) electrons. The van der Waals surface area contributed by atoms with Gasteiger partial charge in [-0.15, -0.1) is 0 Å². The van der Waals surface area contributed by atoms with E-state index in [4.69, 9.17) is 0 Å². The van der Waals surface area contributed by atoms with Crippen molar-refractivity contribution in [3.05, 3.63) is 0 Å². The van der Waals surface area contributed by atoms with Gasteiger partial charge in [0.05, 0.1) is 0 Å². The molecule has 2 rings (SSSR count). The van der Waals surface area contributed by atoms with Crippen LogP contribution in [0.15, 0.2) is 0 Å². The van der Waals surface area contributed by atoms with Crippen molar-refractivity contribution in [2.24, 2.45) is 11.8 Å². The normalized spacial score (nSPS) is 37.4. The molecular weight excluding hydrogens is 134 g/mol. The van der Waals surface area contributed by atoms with Gasteiger partial charge in [0, 0.05) is 19.1 Å². The predicted molar refractivity (Wildman–Crippen MR) is 47.5 cm³/mol. The Bertz CT molecular complexity index is 142. The molecule has 1 aliphatic carbocycles. The second kappa shape index (κ2) is 2.78. The van der Waals surface area contributed by atoms with Crippen LogP contribution in [0.5, 0.6) is 0 Å². The Labute approximate surface area is 69.8 Å². The zero-order valence-electron chi connectivity index (χ0n) is 7.71. The molecule has 0 aromatic carbocycles. The zero-order valence-corrected chi connectivity index (χ0v) is 7.71. The summed E-state index contributed by atoms with van der Waals surface area (Å²) in [7, 11) is 0. The molecule has 1 aliphatic heterocycles. The van der Waals surface area contributed by atoms with Crippen molar-refractivity contribution in [1.29, 1.82) is 0 Å². The lowest BCUT2D eigenvalue weighted by molar-refractivity contribution is 0.192. The van der Waals surface area contributed by atoms with Crippen molar-refractivity contribution in [3.8, 4) is 0 Å². The topological polar surface area (TPSA) is 3.24 Å². The van der Waals surface area contributed by atoms with Gasteiger partial charge < -0.3 is 0 Å². The number of rotatable bonds is 2. The van der Waals surface area contributed by atoms with Crippen LogP contribution in [-0.4, -0.2) is 24.0 Å². The molecule has 2 aliphatic rings. The second-order valence-electron chi connectivity index (χ2n) is 4.68. The largest absolute Gasteiger partial charge is 0.300 e. The summed E-state index contributed by atoms with van der Waals surface area (Å²) in [6.07, 6.45) is 4.50. The number of hydrogen-bond acceptors (Lipinski definition) is 1. The smallest absolute Gasteiger partial charge is 0.00987 e. The van der Waals surface area contributed by atoms with E-state index in [1.165, 1.54) is 32.4 Å². The Morgan fingerprint density at radius 3 is 2.64 bits per heavy atom. The molecule has 2 unspecified atom stereocenters. The Balaban J connectivity index is 1.87. The SMILES string of the molecule is CC(C)CN1CC2CCC1C2. The first-order valence-electron chi connectivity index (χ1n) is 4.99. The van der Waals surface area contributed by atoms with Crippen LogP contribution >= 0.6 is 0 Å². The van der Waals surface area contributed by atoms with E-state index in [2.05, 4.69) is 18.7 Å². The van der Waals surface area contributed by atoms with Gasteiger partial charge in [0.2, 0.25) is 0 Å². The minimum atomic E-state index is 0.856. The molecule has 0 amide bonds. The lowest BCUT2D eigenvalue weighted by Gasteiger charge is -2.28. The van der Waals surface area contributed by atoms with E-state index < -0.39 is 0 Å². The number of hydrogen-bond donors (Lipinski definition) is 0. The number of nitrogens with zero attached hydrogens (tertiary/aromatic N) is 1. The van der Waals surface area contributed by atoms with Gasteiger partial charge in [-0.2, -0.15) is 0 Å². The lowest BCUT2D eigenvalue weighted by atomic mass is 10.1. The van der Waals surface area contributed by atoms with E-state index in [1.54, 1.807) is 0 Å². The van der Waals surface area contributed by atoms with Crippen molar-refractivity contribution < 1.29 is 0 Å². The average Bonchev–Trinajstić information content (AvgIpc) is 2.45. The van der Waals surface area contributed by atoms with Gasteiger partial charge in [-0.25, -0.2) is 0 Å². The standard InChI is InChI=1S/C10H19N/c1-8(2)6-11-7-9-3-4-10(11)5-9/h8-10H,3-7H2,1-2H3. The fourth-order valence-electron chi connectivity index (χ4n) is 2.72. The molecule has 1 saturated heterocycles. The third-order valence-electron chi connectivity index (χ3n) is 3.12. The second-order valence-corrected chi connectivity index (χ2v) is 4.68. The first-order chi connectivity index (χ1) is 5.25. The summed E-state index contributed by atoms with van der Waals surface area (Å²) in [6.45, 7) is 7.39. The summed E-state index contributed by atoms with van der Waals surface area (Å²) in [6, 6.07) is 0.974. The molecule has 64 valence electrons. The van der Waals surface area contributed by atoms with Crippen molar-refractivity contribution in [2.75, 3.05) is 13.1 Å². The molecule has 1 heteroatoms. The number of likely N-dealkylation sites (tertiary alicyclic amines) is 1. The van der Waals surface area contributed by atoms with Gasteiger partial charge in [0.15, 0.2) is 0 Å². The van der Waals surface area contributed by atoms with E-state index in [1.807, 2.05) is 0 Å². The average molecular weight is 153 g/mol. The van der Waals surface area contributed by atoms with Crippen LogP contribution in [0.3, 0.4) is 0 Å². The minimum absolute atomic E-state index is 0.856. The lowest BCUT2D eigenvalue weighted by Crippen LogP contribution is -2.34. The minimum Gasteiger partial charge on any atom is -0.300 e. The predicted octanol–water partition coefficient (Wildman–Crippen LogP) is 2.13. The van der Waals surface area contributed by atoms with Crippen molar-refractivity contribution in [1.82, 2.24) is 4.90 Å². The van der Waals surface area contributed by atoms with Crippen molar-refractivity contribution >= 4 is 0 Å². The maximum Gasteiger partial charge on any atom is 0.00987 e. The monoisotopic (exact) mass is 153 g/mol. The van der Waals surface area contributed by atoms with E-state index >= 15 is 0 Å². The number of piperidine rings is 1. The molecule has 1 heterocycles. The maximum atomic E-state index is 2.71. The van der Waals surface area contributed by atoms with Crippen molar-refractivity contribution in [2.45, 2.75) is 39.2 Å². The highest BCUT2D eigenvalue weighted by Crippen LogP contribution is 2.37. The summed E-state index contributed by atoms with van der Waals surface area (Å²) in [5, 5.41) is 0. The first kappa shape index (κ1) is 7.60. The van der Waals surface area contributed by atoms with Gasteiger partial charge in [0.1, 0.15) is 0 Å². The Morgan fingerprint density at radius 1 is 1.36 bits per heavy atom. The molecule has 1 saturated carbocycles. The first-order valence-corrected chi connectivity index (χ1v) is 4.99. The molecule has 2 bridgehead atoms. The van der Waals surface area contributed by atoms with Crippen LogP contribution in [-0.2, 0) is 0 Å². The molecule has 1 nitrogen and oxygen atoms in total. The van der Waals surface area contributed by atoms with Gasteiger partial charge in [0.25, 0.3) is 0 Å². The van der Waals surface area contributed by atoms with Crippen LogP contribution < -0.4 is 0 Å². The van der Waals surface area contributed by atoms with Crippen LogP contribution in [0.2, 0.25) is 0 Å². The highest BCUT2D eigenvalue weighted by molar-refractivity contribution is 4.92. The fourth-order valence-corrected chi connectivity index (χ4v) is 2.72. The molecule has 11 heavy (non-hydrogen) atoms. The van der Waals surface area contributed by atoms with E-state index in [-0.39, 0.29) is 0 Å². The molecule has 0 spiro atoms. The zero-order chi connectivity index (χ0) is 7.84. The van der Waals surface area contributed by atoms with Gasteiger partial charge in [-0.3, -0.25) is 4.90 Å². The quantitative estimate of drug-likeness (QED) is 0.587. The molecular formula is C10H19N. The highest BCUT2D eigenvalue weighted by atomic mass is 15.2. The Kier molecular flexibility index (Phi) is 1.92. The molecule has 2 atom stereocenters. The highest BCUT2D eigenvalue weighted by Gasteiger charge is 2.37. The summed E-state index contributed by atoms with van der Waals surface area (Å²) in [5.41, 5.74) is 0. The van der Waals surface area contributed by atoms with E-state index in [0.29, 0.717) is 0 Å². The van der Waals surface area contributed by atoms with Crippen molar-refractivity contribution in [3.63, 3.8) is 0 Å². The van der Waals surface area contributed by atoms with Crippen LogP contribution in [0.1, 0.15) is 33.1 Å². The third kappa shape index (κ3) is 1.44. The summed E-state index contributed by atoms with van der Waals surface area (Å²) < 4.78 is 0. The summed E-state index contributed by atoms with van der Waals surface area (Å²) >= 11 is 0.